The summed E-state index contributed by atoms with van der Waals surface area (Å²) in [6.07, 6.45) is -0.699. The minimum absolute atomic E-state index is 0.318. The number of hydrogen-bond acceptors (Lipinski definition) is 2. The second-order valence-electron chi connectivity index (χ2n) is 5.58. The highest BCUT2D eigenvalue weighted by Gasteiger charge is 2.23. The van der Waals surface area contributed by atoms with Crippen LogP contribution in [0.15, 0.2) is 91.0 Å². The van der Waals surface area contributed by atoms with E-state index >= 15 is 0 Å². The van der Waals surface area contributed by atoms with Crippen LogP contribution >= 0.6 is 12.2 Å². The largest absolute Gasteiger partial charge is 0.386 e. The maximum Gasteiger partial charge on any atom is 0.107 e. The lowest BCUT2D eigenvalue weighted by Crippen LogP contribution is -2.32. The molecular formula is C21H19NOS. The van der Waals surface area contributed by atoms with Gasteiger partial charge in [0.1, 0.15) is 11.1 Å². The van der Waals surface area contributed by atoms with Gasteiger partial charge in [-0.25, -0.2) is 0 Å². The number of hydrogen-bond donors (Lipinski definition) is 2. The fourth-order valence-electron chi connectivity index (χ4n) is 2.66. The van der Waals surface area contributed by atoms with Crippen LogP contribution in [-0.4, -0.2) is 10.1 Å². The molecule has 2 unspecified atom stereocenters. The van der Waals surface area contributed by atoms with Crippen LogP contribution in [0.1, 0.15) is 28.8 Å². The first-order valence-electron chi connectivity index (χ1n) is 7.89. The van der Waals surface area contributed by atoms with E-state index in [-0.39, 0.29) is 6.04 Å². The van der Waals surface area contributed by atoms with E-state index in [1.165, 1.54) is 0 Å². The van der Waals surface area contributed by atoms with Gasteiger partial charge in [-0.2, -0.15) is 0 Å². The van der Waals surface area contributed by atoms with Gasteiger partial charge in [0, 0.05) is 5.56 Å². The minimum atomic E-state index is -0.699. The monoisotopic (exact) mass is 333 g/mol. The topological polar surface area (TPSA) is 32.3 Å². The van der Waals surface area contributed by atoms with Crippen molar-refractivity contribution < 1.29 is 5.11 Å². The summed E-state index contributed by atoms with van der Waals surface area (Å²) in [5, 5.41) is 14.2. The summed E-state index contributed by atoms with van der Waals surface area (Å²) in [6.45, 7) is 0. The van der Waals surface area contributed by atoms with Crippen molar-refractivity contribution in [3.05, 3.63) is 108 Å². The number of thiocarbonyl (C=S) groups is 1. The van der Waals surface area contributed by atoms with Gasteiger partial charge in [0.15, 0.2) is 0 Å². The van der Waals surface area contributed by atoms with E-state index in [4.69, 9.17) is 12.2 Å². The Bertz CT molecular complexity index is 775. The van der Waals surface area contributed by atoms with Gasteiger partial charge in [-0.05, 0) is 11.1 Å². The molecule has 2 nitrogen and oxygen atoms in total. The van der Waals surface area contributed by atoms with Crippen LogP contribution in [0.5, 0.6) is 0 Å². The van der Waals surface area contributed by atoms with Crippen LogP contribution < -0.4 is 5.32 Å². The Labute approximate surface area is 147 Å². The van der Waals surface area contributed by atoms with Crippen molar-refractivity contribution in [2.24, 2.45) is 0 Å². The zero-order chi connectivity index (χ0) is 16.8. The summed E-state index contributed by atoms with van der Waals surface area (Å²) in [7, 11) is 0. The molecule has 0 bridgehead atoms. The molecule has 0 aliphatic carbocycles. The van der Waals surface area contributed by atoms with Gasteiger partial charge in [-0.1, -0.05) is 103 Å². The summed E-state index contributed by atoms with van der Waals surface area (Å²) in [4.78, 5) is 0.624. The first-order chi connectivity index (χ1) is 11.8. The molecule has 2 N–H and O–H groups in total. The number of aliphatic hydroxyl groups is 1. The average Bonchev–Trinajstić information content (AvgIpc) is 2.67. The Hall–Kier alpha value is -2.49. The highest BCUT2D eigenvalue weighted by molar-refractivity contribution is 7.80. The van der Waals surface area contributed by atoms with Crippen molar-refractivity contribution >= 4 is 17.2 Å². The number of rotatable bonds is 5. The van der Waals surface area contributed by atoms with Crippen LogP contribution in [0, 0.1) is 0 Å². The van der Waals surface area contributed by atoms with Gasteiger partial charge in [0.05, 0.1) is 6.04 Å². The van der Waals surface area contributed by atoms with Crippen molar-refractivity contribution in [3.8, 4) is 0 Å². The van der Waals surface area contributed by atoms with Gasteiger partial charge in [-0.3, -0.25) is 0 Å². The van der Waals surface area contributed by atoms with Gasteiger partial charge in [0.2, 0.25) is 0 Å². The van der Waals surface area contributed by atoms with E-state index in [9.17, 15) is 5.11 Å². The fraction of sp³-hybridized carbons (Fsp3) is 0.0952. The smallest absolute Gasteiger partial charge is 0.107 e. The first-order valence-corrected chi connectivity index (χ1v) is 8.30. The lowest BCUT2D eigenvalue weighted by molar-refractivity contribution is 0.138. The maximum absolute atomic E-state index is 10.9. The molecule has 0 saturated heterocycles. The third-order valence-corrected chi connectivity index (χ3v) is 4.29. The van der Waals surface area contributed by atoms with E-state index in [0.29, 0.717) is 4.99 Å². The summed E-state index contributed by atoms with van der Waals surface area (Å²) in [5.74, 6) is 0. The molecule has 3 heteroatoms. The highest BCUT2D eigenvalue weighted by atomic mass is 32.1. The summed E-state index contributed by atoms with van der Waals surface area (Å²) >= 11 is 5.54. The quantitative estimate of drug-likeness (QED) is 0.678. The van der Waals surface area contributed by atoms with Crippen LogP contribution in [0.3, 0.4) is 0 Å². The predicted molar refractivity (Wildman–Crippen MR) is 102 cm³/mol. The third-order valence-electron chi connectivity index (χ3n) is 3.94. The minimum Gasteiger partial charge on any atom is -0.386 e. The van der Waals surface area contributed by atoms with Crippen molar-refractivity contribution in [1.82, 2.24) is 5.32 Å². The molecule has 0 aliphatic heterocycles. The van der Waals surface area contributed by atoms with Crippen molar-refractivity contribution in [2.75, 3.05) is 0 Å². The molecular weight excluding hydrogens is 314 g/mol. The zero-order valence-corrected chi connectivity index (χ0v) is 14.0. The van der Waals surface area contributed by atoms with E-state index in [1.54, 1.807) is 0 Å². The highest BCUT2D eigenvalue weighted by Crippen LogP contribution is 2.29. The van der Waals surface area contributed by atoms with Crippen molar-refractivity contribution in [1.29, 1.82) is 0 Å². The number of nitrogens with one attached hydrogen (secondary N) is 1. The molecule has 24 heavy (non-hydrogen) atoms. The second kappa shape index (κ2) is 7.86. The molecule has 3 rings (SSSR count). The zero-order valence-electron chi connectivity index (χ0n) is 13.2. The molecule has 3 aromatic rings. The van der Waals surface area contributed by atoms with Crippen molar-refractivity contribution in [3.63, 3.8) is 0 Å². The van der Waals surface area contributed by atoms with Crippen molar-refractivity contribution in [2.45, 2.75) is 12.1 Å². The van der Waals surface area contributed by atoms with Gasteiger partial charge < -0.3 is 10.4 Å². The van der Waals surface area contributed by atoms with Gasteiger partial charge >= 0.3 is 0 Å². The van der Waals surface area contributed by atoms with E-state index < -0.39 is 6.10 Å². The molecule has 0 radical (unpaired) electrons. The standard InChI is InChI=1S/C21H19NOS/c23-20(17-12-6-2-7-13-17)19(16-10-4-1-5-11-16)22-21(24)18-14-8-3-9-15-18/h1-15,19-20,23H,(H,22,24). The number of benzene rings is 3. The van der Waals surface area contributed by atoms with Crippen LogP contribution in [0.2, 0.25) is 0 Å². The molecule has 0 saturated carbocycles. The second-order valence-corrected chi connectivity index (χ2v) is 5.99. The van der Waals surface area contributed by atoms with Crippen LogP contribution in [0.25, 0.3) is 0 Å². The predicted octanol–water partition coefficient (Wildman–Crippen LogP) is 4.43. The molecule has 0 fully saturated rings. The maximum atomic E-state index is 10.9. The lowest BCUT2D eigenvalue weighted by Gasteiger charge is -2.26. The molecule has 0 heterocycles. The third kappa shape index (κ3) is 3.88. The first kappa shape index (κ1) is 16.4. The van der Waals surface area contributed by atoms with Gasteiger partial charge in [-0.15, -0.1) is 0 Å². The Morgan fingerprint density at radius 2 is 1.17 bits per heavy atom. The molecule has 0 aromatic heterocycles. The fourth-order valence-corrected chi connectivity index (χ4v) is 2.92. The molecule has 3 aromatic carbocycles. The van der Waals surface area contributed by atoms with Gasteiger partial charge in [0.25, 0.3) is 0 Å². The summed E-state index contributed by atoms with van der Waals surface area (Å²) < 4.78 is 0. The molecule has 120 valence electrons. The Morgan fingerprint density at radius 3 is 1.71 bits per heavy atom. The lowest BCUT2D eigenvalue weighted by atomic mass is 9.95. The average molecular weight is 333 g/mol. The molecule has 0 aliphatic rings. The Balaban J connectivity index is 1.90. The molecule has 0 spiro atoms. The Kier molecular flexibility index (Phi) is 5.36. The van der Waals surface area contributed by atoms with Crippen LogP contribution in [0.4, 0.5) is 0 Å². The molecule has 2 atom stereocenters. The SMILES string of the molecule is OC(c1ccccc1)C(NC(=S)c1ccccc1)c1ccccc1. The van der Waals surface area contributed by atoms with Crippen LogP contribution in [-0.2, 0) is 0 Å². The van der Waals surface area contributed by atoms with E-state index in [2.05, 4.69) is 5.32 Å². The van der Waals surface area contributed by atoms with E-state index in [1.807, 2.05) is 91.0 Å². The summed E-state index contributed by atoms with van der Waals surface area (Å²) in [5.41, 5.74) is 2.79. The normalized spacial score (nSPS) is 13.0. The van der Waals surface area contributed by atoms with E-state index in [0.717, 1.165) is 16.7 Å². The Morgan fingerprint density at radius 1 is 0.708 bits per heavy atom. The molecule has 0 amide bonds. The number of aliphatic hydroxyl groups excluding tert-OH is 1. The summed E-state index contributed by atoms with van der Waals surface area (Å²) in [6, 6.07) is 29.0.